The molecular weight excluding hydrogens is 230 g/mol. The van der Waals surface area contributed by atoms with Crippen LogP contribution in [-0.4, -0.2) is 20.7 Å². The predicted octanol–water partition coefficient (Wildman–Crippen LogP) is 1.05. The highest BCUT2D eigenvalue weighted by molar-refractivity contribution is 8.72. The topological polar surface area (TPSA) is 61.8 Å². The molecule has 0 unspecified atom stereocenters. The van der Waals surface area contributed by atoms with E-state index in [0.29, 0.717) is 10.6 Å². The lowest BCUT2D eigenvalue weighted by atomic mass is 10.2. The van der Waals surface area contributed by atoms with Gasteiger partial charge in [-0.05, 0) is 29.9 Å². The number of quaternary nitrogens is 1. The Morgan fingerprint density at radius 2 is 1.87 bits per heavy atom. The minimum atomic E-state index is -3.16. The molecule has 0 fully saturated rings. The second-order valence-electron chi connectivity index (χ2n) is 3.30. The molecule has 0 heterocycles. The molecule has 0 radical (unpaired) electrons. The van der Waals surface area contributed by atoms with Crippen molar-refractivity contribution in [2.75, 3.05) is 12.3 Å². The van der Waals surface area contributed by atoms with Crippen LogP contribution >= 0.6 is 10.8 Å². The molecule has 3 nitrogen and oxygen atoms in total. The largest absolute Gasteiger partial charge is 0.358 e. The van der Waals surface area contributed by atoms with Gasteiger partial charge in [-0.2, -0.15) is 0 Å². The van der Waals surface area contributed by atoms with Crippen molar-refractivity contribution >= 4 is 19.7 Å². The minimum absolute atomic E-state index is 0.391. The van der Waals surface area contributed by atoms with Crippen molar-refractivity contribution in [3.05, 3.63) is 29.8 Å². The molecule has 0 aliphatic carbocycles. The Labute approximate surface area is 94.4 Å². The van der Waals surface area contributed by atoms with Gasteiger partial charge in [-0.3, -0.25) is 0 Å². The molecule has 0 amide bonds. The molecule has 0 saturated carbocycles. The van der Waals surface area contributed by atoms with Gasteiger partial charge in [0, 0.05) is 12.2 Å². The fraction of sp³-hybridized carbons (Fsp3) is 0.400. The maximum absolute atomic E-state index is 11.8. The van der Waals surface area contributed by atoms with Crippen LogP contribution in [0.4, 0.5) is 0 Å². The quantitative estimate of drug-likeness (QED) is 0.624. The lowest BCUT2D eigenvalue weighted by Crippen LogP contribution is -2.50. The summed E-state index contributed by atoms with van der Waals surface area (Å²) in [6.45, 7) is 2.71. The Morgan fingerprint density at radius 1 is 1.27 bits per heavy atom. The van der Waals surface area contributed by atoms with Crippen molar-refractivity contribution in [2.45, 2.75) is 18.2 Å². The van der Waals surface area contributed by atoms with Crippen LogP contribution in [0.1, 0.15) is 12.0 Å². The Morgan fingerprint density at radius 3 is 2.40 bits per heavy atom. The summed E-state index contributed by atoms with van der Waals surface area (Å²) in [4.78, 5) is 0.391. The van der Waals surface area contributed by atoms with Gasteiger partial charge in [-0.15, -0.1) is 0 Å². The van der Waals surface area contributed by atoms with Crippen molar-refractivity contribution in [2.24, 2.45) is 0 Å². The first kappa shape index (κ1) is 12.5. The number of benzene rings is 1. The van der Waals surface area contributed by atoms with E-state index in [0.717, 1.165) is 29.3 Å². The molecule has 5 heteroatoms. The Balaban J connectivity index is 2.73. The summed E-state index contributed by atoms with van der Waals surface area (Å²) in [7, 11) is -2.17. The van der Waals surface area contributed by atoms with E-state index in [9.17, 15) is 8.42 Å². The maximum Gasteiger partial charge on any atom is 0.229 e. The van der Waals surface area contributed by atoms with Crippen LogP contribution < -0.4 is 5.73 Å². The van der Waals surface area contributed by atoms with Gasteiger partial charge in [0.05, 0.1) is 11.4 Å². The molecule has 84 valence electrons. The van der Waals surface area contributed by atoms with Crippen LogP contribution in [0, 0.1) is 6.92 Å². The van der Waals surface area contributed by atoms with Crippen molar-refractivity contribution in [3.63, 3.8) is 0 Å². The maximum atomic E-state index is 11.8. The van der Waals surface area contributed by atoms with Crippen LogP contribution in [0.2, 0.25) is 0 Å². The van der Waals surface area contributed by atoms with Crippen molar-refractivity contribution in [3.8, 4) is 0 Å². The van der Waals surface area contributed by atoms with Crippen LogP contribution in [-0.2, 0) is 8.87 Å². The lowest BCUT2D eigenvalue weighted by Gasteiger charge is -2.02. The second-order valence-corrected chi connectivity index (χ2v) is 7.34. The highest BCUT2D eigenvalue weighted by Crippen LogP contribution is 2.23. The Hall–Kier alpha value is -0.520. The molecule has 0 spiro atoms. The summed E-state index contributed by atoms with van der Waals surface area (Å²) in [6.07, 6.45) is 0.829. The first-order chi connectivity index (χ1) is 7.06. The average Bonchev–Trinajstić information content (AvgIpc) is 2.18. The van der Waals surface area contributed by atoms with Crippen LogP contribution in [0.15, 0.2) is 29.2 Å². The third-order valence-corrected chi connectivity index (χ3v) is 5.57. The molecule has 1 aromatic rings. The Kier molecular flexibility index (Phi) is 4.63. The third-order valence-electron chi connectivity index (χ3n) is 1.94. The van der Waals surface area contributed by atoms with Crippen LogP contribution in [0.3, 0.4) is 0 Å². The summed E-state index contributed by atoms with van der Waals surface area (Å²) in [5, 5.41) is 0. The molecule has 0 aliphatic heterocycles. The van der Waals surface area contributed by atoms with Crippen LogP contribution in [0.5, 0.6) is 0 Å². The molecule has 1 rings (SSSR count). The van der Waals surface area contributed by atoms with E-state index in [1.54, 1.807) is 12.1 Å². The first-order valence-electron chi connectivity index (χ1n) is 4.81. The average molecular weight is 246 g/mol. The smallest absolute Gasteiger partial charge is 0.229 e. The van der Waals surface area contributed by atoms with Gasteiger partial charge in [-0.1, -0.05) is 17.7 Å². The zero-order valence-corrected chi connectivity index (χ0v) is 10.4. The zero-order chi connectivity index (χ0) is 11.3. The number of rotatable bonds is 5. The summed E-state index contributed by atoms with van der Waals surface area (Å²) in [5.74, 6) is 0.611. The van der Waals surface area contributed by atoms with E-state index >= 15 is 0 Å². The SMILES string of the molecule is Cc1ccc(S(=O)(=O)SCCC[NH3+])cc1. The Bertz CT molecular complexity index is 398. The zero-order valence-electron chi connectivity index (χ0n) is 8.77. The number of aryl methyl sites for hydroxylation is 1. The predicted molar refractivity (Wildman–Crippen MR) is 63.2 cm³/mol. The summed E-state index contributed by atoms with van der Waals surface area (Å²) in [6, 6.07) is 6.94. The lowest BCUT2D eigenvalue weighted by molar-refractivity contribution is -0.367. The summed E-state index contributed by atoms with van der Waals surface area (Å²) in [5.41, 5.74) is 4.75. The monoisotopic (exact) mass is 246 g/mol. The normalized spacial score (nSPS) is 11.6. The molecule has 3 N–H and O–H groups in total. The van der Waals surface area contributed by atoms with Gasteiger partial charge in [0.25, 0.3) is 0 Å². The summed E-state index contributed by atoms with van der Waals surface area (Å²) < 4.78 is 23.5. The molecule has 0 bridgehead atoms. The van der Waals surface area contributed by atoms with E-state index in [1.807, 2.05) is 19.1 Å². The van der Waals surface area contributed by atoms with E-state index < -0.39 is 8.87 Å². The molecule has 1 aromatic carbocycles. The third kappa shape index (κ3) is 3.85. The van der Waals surface area contributed by atoms with Crippen LogP contribution in [0.25, 0.3) is 0 Å². The fourth-order valence-electron chi connectivity index (χ4n) is 1.04. The highest BCUT2D eigenvalue weighted by atomic mass is 33.1. The number of hydrogen-bond donors (Lipinski definition) is 1. The fourth-order valence-corrected chi connectivity index (χ4v) is 3.94. The van der Waals surface area contributed by atoms with Gasteiger partial charge < -0.3 is 5.73 Å². The van der Waals surface area contributed by atoms with E-state index in [-0.39, 0.29) is 0 Å². The van der Waals surface area contributed by atoms with E-state index in [4.69, 9.17) is 0 Å². The standard InChI is InChI=1S/C10H15NO2S2/c1-9-3-5-10(6-4-9)15(12,13)14-8-2-7-11/h3-6H,2,7-8,11H2,1H3/p+1. The van der Waals surface area contributed by atoms with E-state index in [1.165, 1.54) is 0 Å². The van der Waals surface area contributed by atoms with Crippen molar-refractivity contribution < 1.29 is 14.2 Å². The van der Waals surface area contributed by atoms with Crippen molar-refractivity contribution in [1.82, 2.24) is 0 Å². The molecule has 0 aliphatic rings. The second kappa shape index (κ2) is 5.53. The van der Waals surface area contributed by atoms with Gasteiger partial charge in [0.15, 0.2) is 0 Å². The van der Waals surface area contributed by atoms with Gasteiger partial charge in [-0.25, -0.2) is 8.42 Å². The van der Waals surface area contributed by atoms with Crippen molar-refractivity contribution in [1.29, 1.82) is 0 Å². The molecule has 15 heavy (non-hydrogen) atoms. The first-order valence-corrected chi connectivity index (χ1v) is 7.80. The highest BCUT2D eigenvalue weighted by Gasteiger charge is 2.14. The number of hydrogen-bond acceptors (Lipinski definition) is 3. The van der Waals surface area contributed by atoms with E-state index in [2.05, 4.69) is 5.73 Å². The summed E-state index contributed by atoms with van der Waals surface area (Å²) >= 11 is 0. The van der Waals surface area contributed by atoms with Gasteiger partial charge in [0.1, 0.15) is 0 Å². The molecule has 0 aromatic heterocycles. The molecule has 0 saturated heterocycles. The van der Waals surface area contributed by atoms with Gasteiger partial charge >= 0.3 is 0 Å². The van der Waals surface area contributed by atoms with Gasteiger partial charge in [0.2, 0.25) is 8.87 Å². The molecule has 0 atom stereocenters. The molecular formula is C10H16NO2S2+. The minimum Gasteiger partial charge on any atom is -0.358 e.